The molecule has 0 amide bonds. The maximum absolute atomic E-state index is 11.8. The molecule has 0 bridgehead atoms. The fourth-order valence-electron chi connectivity index (χ4n) is 2.93. The summed E-state index contributed by atoms with van der Waals surface area (Å²) < 4.78 is 6.31. The molecule has 3 heterocycles. The monoisotopic (exact) mass is 433 g/mol. The molecule has 0 saturated heterocycles. The minimum atomic E-state index is -0.592. The van der Waals surface area contributed by atoms with E-state index in [1.54, 1.807) is 0 Å². The molecule has 3 aromatic heterocycles. The highest BCUT2D eigenvalue weighted by atomic mass is 32.1. The van der Waals surface area contributed by atoms with Crippen molar-refractivity contribution >= 4 is 27.4 Å². The van der Waals surface area contributed by atoms with Crippen LogP contribution in [0.4, 0.5) is 5.82 Å². The number of thiophene rings is 1. The van der Waals surface area contributed by atoms with Gasteiger partial charge in [0.05, 0.1) is 29.2 Å². The fraction of sp³-hybridized carbons (Fsp3) is 0.150. The average molecular weight is 433 g/mol. The Morgan fingerprint density at radius 2 is 2.10 bits per heavy atom. The van der Waals surface area contributed by atoms with Crippen molar-refractivity contribution in [1.29, 1.82) is 5.26 Å². The van der Waals surface area contributed by atoms with E-state index in [9.17, 15) is 14.9 Å². The van der Waals surface area contributed by atoms with Gasteiger partial charge >= 0.3 is 5.69 Å². The number of aromatic amines is 2. The first-order valence-electron chi connectivity index (χ1n) is 9.20. The van der Waals surface area contributed by atoms with Crippen molar-refractivity contribution < 1.29 is 4.74 Å². The number of ether oxygens (including phenoxy) is 1. The van der Waals surface area contributed by atoms with E-state index in [1.165, 1.54) is 23.9 Å². The van der Waals surface area contributed by atoms with Gasteiger partial charge in [0.1, 0.15) is 28.4 Å². The van der Waals surface area contributed by atoms with Gasteiger partial charge < -0.3 is 9.72 Å². The lowest BCUT2D eigenvalue weighted by molar-refractivity contribution is 0.341. The molecule has 10 nitrogen and oxygen atoms in total. The number of nitriles is 1. The van der Waals surface area contributed by atoms with Gasteiger partial charge in [-0.05, 0) is 19.1 Å². The van der Waals surface area contributed by atoms with Gasteiger partial charge in [0, 0.05) is 11.8 Å². The number of fused-ring (bicyclic) bond motifs is 1. The van der Waals surface area contributed by atoms with Crippen LogP contribution in [0.25, 0.3) is 20.7 Å². The Morgan fingerprint density at radius 1 is 1.26 bits per heavy atom. The molecule has 0 aliphatic rings. The first-order valence-corrected chi connectivity index (χ1v) is 10.0. The second kappa shape index (κ2) is 8.68. The standard InChI is InChI=1S/C20H15N7O3S/c1-2-30-14-6-4-3-5-12(14)16-13(7-21)15-17(31-16)18(24-10-23-15)27-25-9-11-8-22-20(29)26-19(11)28/h3-6,8,10H,2,9H2,1H3,(H2,22,26,28,29). The van der Waals surface area contributed by atoms with Crippen LogP contribution in [0, 0.1) is 11.3 Å². The van der Waals surface area contributed by atoms with Crippen LogP contribution in [0.3, 0.4) is 0 Å². The van der Waals surface area contributed by atoms with Gasteiger partial charge in [-0.25, -0.2) is 14.8 Å². The highest BCUT2D eigenvalue weighted by Crippen LogP contribution is 2.43. The molecule has 11 heteroatoms. The molecule has 0 atom stereocenters. The molecule has 154 valence electrons. The van der Waals surface area contributed by atoms with Crippen molar-refractivity contribution in [3.63, 3.8) is 0 Å². The fourth-order valence-corrected chi connectivity index (χ4v) is 4.09. The molecule has 31 heavy (non-hydrogen) atoms. The first-order chi connectivity index (χ1) is 15.1. The number of benzene rings is 1. The number of nitrogens with zero attached hydrogens (tertiary/aromatic N) is 5. The molecule has 0 aliphatic heterocycles. The van der Waals surface area contributed by atoms with E-state index in [0.29, 0.717) is 33.0 Å². The summed E-state index contributed by atoms with van der Waals surface area (Å²) in [5.41, 5.74) is 0.789. The Labute approximate surface area is 178 Å². The summed E-state index contributed by atoms with van der Waals surface area (Å²) in [7, 11) is 0. The van der Waals surface area contributed by atoms with Crippen molar-refractivity contribution in [2.75, 3.05) is 6.61 Å². The molecule has 1 aromatic carbocycles. The van der Waals surface area contributed by atoms with Crippen LogP contribution in [0.5, 0.6) is 5.75 Å². The maximum atomic E-state index is 11.8. The predicted octanol–water partition coefficient (Wildman–Crippen LogP) is 3.29. The van der Waals surface area contributed by atoms with Gasteiger partial charge in [-0.15, -0.1) is 16.5 Å². The van der Waals surface area contributed by atoms with Gasteiger partial charge in [0.15, 0.2) is 5.82 Å². The third-order valence-electron chi connectivity index (χ3n) is 4.30. The molecule has 0 radical (unpaired) electrons. The van der Waals surface area contributed by atoms with Crippen LogP contribution in [-0.4, -0.2) is 26.5 Å². The molecular weight excluding hydrogens is 418 g/mol. The normalized spacial score (nSPS) is 11.1. The summed E-state index contributed by atoms with van der Waals surface area (Å²) in [5.74, 6) is 0.953. The van der Waals surface area contributed by atoms with Crippen LogP contribution < -0.4 is 16.0 Å². The van der Waals surface area contributed by atoms with Crippen molar-refractivity contribution in [2.45, 2.75) is 13.5 Å². The summed E-state index contributed by atoms with van der Waals surface area (Å²) in [5, 5.41) is 18.0. The van der Waals surface area contributed by atoms with Crippen LogP contribution in [0.2, 0.25) is 0 Å². The van der Waals surface area contributed by atoms with E-state index in [0.717, 1.165) is 5.56 Å². The Balaban J connectivity index is 1.76. The number of rotatable bonds is 6. The zero-order chi connectivity index (χ0) is 21.8. The van der Waals surface area contributed by atoms with Gasteiger partial charge in [0.2, 0.25) is 0 Å². The third kappa shape index (κ3) is 3.96. The zero-order valence-corrected chi connectivity index (χ0v) is 17.1. The van der Waals surface area contributed by atoms with E-state index in [2.05, 4.69) is 36.2 Å². The smallest absolute Gasteiger partial charge is 0.325 e. The van der Waals surface area contributed by atoms with Gasteiger partial charge in [-0.1, -0.05) is 12.1 Å². The average Bonchev–Trinajstić information content (AvgIpc) is 3.15. The van der Waals surface area contributed by atoms with E-state index >= 15 is 0 Å². The highest BCUT2D eigenvalue weighted by Gasteiger charge is 2.20. The maximum Gasteiger partial charge on any atom is 0.325 e. The lowest BCUT2D eigenvalue weighted by Gasteiger charge is -2.08. The summed E-state index contributed by atoms with van der Waals surface area (Å²) in [6.45, 7) is 2.34. The summed E-state index contributed by atoms with van der Waals surface area (Å²) in [4.78, 5) is 36.5. The highest BCUT2D eigenvalue weighted by molar-refractivity contribution is 7.23. The van der Waals surface area contributed by atoms with Crippen molar-refractivity contribution in [3.8, 4) is 22.3 Å². The number of azo groups is 1. The van der Waals surface area contributed by atoms with E-state index < -0.39 is 11.2 Å². The van der Waals surface area contributed by atoms with Crippen LogP contribution in [0.1, 0.15) is 18.1 Å². The van der Waals surface area contributed by atoms with Crippen LogP contribution >= 0.6 is 11.3 Å². The second-order valence-electron chi connectivity index (χ2n) is 6.22. The number of hydrogen-bond acceptors (Lipinski definition) is 9. The summed E-state index contributed by atoms with van der Waals surface area (Å²) in [6.07, 6.45) is 2.60. The minimum absolute atomic E-state index is 0.0475. The topological polar surface area (TPSA) is 149 Å². The Kier molecular flexibility index (Phi) is 5.63. The molecule has 0 saturated carbocycles. The SMILES string of the molecule is CCOc1ccccc1-c1sc2c(N=NCc3c[nH]c(=O)[nH]c3=O)ncnc2c1C#N. The van der Waals surface area contributed by atoms with Crippen LogP contribution in [0.15, 0.2) is 56.6 Å². The predicted molar refractivity (Wildman–Crippen MR) is 115 cm³/mol. The molecule has 4 rings (SSSR count). The number of hydrogen-bond donors (Lipinski definition) is 2. The van der Waals surface area contributed by atoms with E-state index in [1.807, 2.05) is 31.2 Å². The van der Waals surface area contributed by atoms with Crippen molar-refractivity contribution in [2.24, 2.45) is 10.2 Å². The molecule has 0 unspecified atom stereocenters. The summed E-state index contributed by atoms with van der Waals surface area (Å²) in [6, 6.07) is 9.69. The molecular formula is C20H15N7O3S. The number of para-hydroxylation sites is 1. The second-order valence-corrected chi connectivity index (χ2v) is 7.24. The molecule has 4 aromatic rings. The number of nitrogens with one attached hydrogen (secondary N) is 2. The Bertz CT molecular complexity index is 1450. The lowest BCUT2D eigenvalue weighted by atomic mass is 10.1. The third-order valence-corrected chi connectivity index (χ3v) is 5.51. The van der Waals surface area contributed by atoms with Gasteiger partial charge in [-0.2, -0.15) is 10.4 Å². The minimum Gasteiger partial charge on any atom is -0.493 e. The van der Waals surface area contributed by atoms with Gasteiger partial charge in [0.25, 0.3) is 5.56 Å². The number of aromatic nitrogens is 4. The first kappa shape index (κ1) is 20.1. The Hall–Kier alpha value is -4.17. The number of H-pyrrole nitrogens is 2. The molecule has 0 fully saturated rings. The summed E-state index contributed by atoms with van der Waals surface area (Å²) >= 11 is 1.32. The van der Waals surface area contributed by atoms with Crippen molar-refractivity contribution in [1.82, 2.24) is 19.9 Å². The zero-order valence-electron chi connectivity index (χ0n) is 16.2. The van der Waals surface area contributed by atoms with E-state index in [-0.39, 0.29) is 17.9 Å². The van der Waals surface area contributed by atoms with Gasteiger partial charge in [-0.3, -0.25) is 9.78 Å². The molecule has 0 aliphatic carbocycles. The Morgan fingerprint density at radius 3 is 2.87 bits per heavy atom. The van der Waals surface area contributed by atoms with E-state index in [4.69, 9.17) is 4.74 Å². The largest absolute Gasteiger partial charge is 0.493 e. The molecule has 0 spiro atoms. The lowest BCUT2D eigenvalue weighted by Crippen LogP contribution is -2.24. The molecule has 2 N–H and O–H groups in total. The quantitative estimate of drug-likeness (QED) is 0.446. The van der Waals surface area contributed by atoms with Crippen LogP contribution in [-0.2, 0) is 6.54 Å². The van der Waals surface area contributed by atoms with Crippen molar-refractivity contribution in [3.05, 3.63) is 68.8 Å².